The zero-order valence-electron chi connectivity index (χ0n) is 13.4. The largest absolute Gasteiger partial charge is 0.325 e. The van der Waals surface area contributed by atoms with Crippen LogP contribution in [0.1, 0.15) is 12.0 Å². The molecule has 2 aromatic carbocycles. The molecule has 0 bridgehead atoms. The number of carbonyl (C=O) groups is 2. The summed E-state index contributed by atoms with van der Waals surface area (Å²) in [5.41, 5.74) is 2.07. The lowest BCUT2D eigenvalue weighted by molar-refractivity contribution is -0.122. The van der Waals surface area contributed by atoms with Crippen molar-refractivity contribution in [3.05, 3.63) is 57.3 Å². The highest BCUT2D eigenvalue weighted by atomic mass is 79.9. The molecule has 7 heteroatoms. The monoisotopic (exact) mass is 424 g/mol. The van der Waals surface area contributed by atoms with Crippen molar-refractivity contribution < 1.29 is 14.0 Å². The Morgan fingerprint density at radius 3 is 2.68 bits per heavy atom. The van der Waals surface area contributed by atoms with Crippen LogP contribution >= 0.6 is 27.5 Å². The molecule has 1 heterocycles. The number of benzene rings is 2. The van der Waals surface area contributed by atoms with Crippen LogP contribution in [-0.4, -0.2) is 18.4 Å². The van der Waals surface area contributed by atoms with E-state index in [0.29, 0.717) is 16.4 Å². The fourth-order valence-corrected chi connectivity index (χ4v) is 3.39. The molecule has 1 atom stereocenters. The van der Waals surface area contributed by atoms with Gasteiger partial charge in [0.2, 0.25) is 11.8 Å². The van der Waals surface area contributed by atoms with Gasteiger partial charge in [-0.25, -0.2) is 4.39 Å². The van der Waals surface area contributed by atoms with Crippen LogP contribution in [0.25, 0.3) is 0 Å². The lowest BCUT2D eigenvalue weighted by Gasteiger charge is -2.17. The minimum absolute atomic E-state index is 0.118. The van der Waals surface area contributed by atoms with Crippen molar-refractivity contribution in [3.8, 4) is 0 Å². The van der Waals surface area contributed by atoms with E-state index in [9.17, 15) is 14.0 Å². The second kappa shape index (κ2) is 7.14. The molecular formula is C18H15BrClFN2O2. The van der Waals surface area contributed by atoms with Gasteiger partial charge in [0.1, 0.15) is 5.82 Å². The van der Waals surface area contributed by atoms with Crippen molar-refractivity contribution in [3.63, 3.8) is 0 Å². The number of carbonyl (C=O) groups excluding carboxylic acids is 2. The van der Waals surface area contributed by atoms with E-state index in [1.807, 2.05) is 13.0 Å². The summed E-state index contributed by atoms with van der Waals surface area (Å²) in [5.74, 6) is -1.23. The van der Waals surface area contributed by atoms with E-state index in [4.69, 9.17) is 11.6 Å². The molecule has 25 heavy (non-hydrogen) atoms. The first kappa shape index (κ1) is 17.9. The Hall–Kier alpha value is -1.92. The van der Waals surface area contributed by atoms with Crippen molar-refractivity contribution in [2.24, 2.45) is 5.92 Å². The van der Waals surface area contributed by atoms with Gasteiger partial charge in [-0.2, -0.15) is 0 Å². The van der Waals surface area contributed by atoms with E-state index in [1.54, 1.807) is 6.07 Å². The molecule has 1 saturated heterocycles. The smallest absolute Gasteiger partial charge is 0.229 e. The topological polar surface area (TPSA) is 49.4 Å². The minimum atomic E-state index is -0.473. The summed E-state index contributed by atoms with van der Waals surface area (Å²) in [6.07, 6.45) is 0.118. The maximum absolute atomic E-state index is 13.0. The van der Waals surface area contributed by atoms with Crippen LogP contribution < -0.4 is 10.2 Å². The number of nitrogens with one attached hydrogen (secondary N) is 1. The number of nitrogens with zero attached hydrogens (tertiary/aromatic N) is 1. The van der Waals surface area contributed by atoms with Gasteiger partial charge in [0, 0.05) is 28.8 Å². The number of hydrogen-bond acceptors (Lipinski definition) is 2. The average molecular weight is 426 g/mol. The maximum atomic E-state index is 13.0. The highest BCUT2D eigenvalue weighted by Gasteiger charge is 2.35. The number of hydrogen-bond donors (Lipinski definition) is 1. The Labute approximate surface area is 158 Å². The van der Waals surface area contributed by atoms with Crippen molar-refractivity contribution in [1.82, 2.24) is 0 Å². The number of amides is 2. The van der Waals surface area contributed by atoms with Crippen LogP contribution in [0, 0.1) is 18.7 Å². The molecule has 0 radical (unpaired) electrons. The second-order valence-electron chi connectivity index (χ2n) is 5.95. The van der Waals surface area contributed by atoms with E-state index in [1.165, 1.54) is 29.2 Å². The Morgan fingerprint density at radius 2 is 2.00 bits per heavy atom. The molecule has 0 unspecified atom stereocenters. The van der Waals surface area contributed by atoms with Gasteiger partial charge in [-0.05, 0) is 64.8 Å². The van der Waals surface area contributed by atoms with Crippen molar-refractivity contribution in [2.45, 2.75) is 13.3 Å². The number of aryl methyl sites for hydroxylation is 1. The molecule has 1 aliphatic heterocycles. The molecule has 0 spiro atoms. The number of anilines is 2. The summed E-state index contributed by atoms with van der Waals surface area (Å²) in [7, 11) is 0. The zero-order valence-corrected chi connectivity index (χ0v) is 15.7. The van der Waals surface area contributed by atoms with Crippen molar-refractivity contribution in [1.29, 1.82) is 0 Å². The van der Waals surface area contributed by atoms with Gasteiger partial charge in [-0.1, -0.05) is 11.6 Å². The fourth-order valence-electron chi connectivity index (χ4n) is 2.77. The molecule has 1 fully saturated rings. The Morgan fingerprint density at radius 1 is 1.32 bits per heavy atom. The third-order valence-corrected chi connectivity index (χ3v) is 5.36. The molecule has 4 nitrogen and oxygen atoms in total. The van der Waals surface area contributed by atoms with Crippen LogP contribution in [0.15, 0.2) is 40.9 Å². The average Bonchev–Trinajstić information content (AvgIpc) is 2.95. The third-order valence-electron chi connectivity index (χ3n) is 4.16. The number of halogens is 3. The molecule has 0 saturated carbocycles. The van der Waals surface area contributed by atoms with Gasteiger partial charge in [0.15, 0.2) is 0 Å². The highest BCUT2D eigenvalue weighted by Crippen LogP contribution is 2.30. The van der Waals surface area contributed by atoms with Gasteiger partial charge >= 0.3 is 0 Å². The summed E-state index contributed by atoms with van der Waals surface area (Å²) in [6, 6.07) is 9.15. The molecule has 1 aliphatic rings. The Bertz CT molecular complexity index is 842. The lowest BCUT2D eigenvalue weighted by atomic mass is 10.1. The fraction of sp³-hybridized carbons (Fsp3) is 0.222. The molecule has 0 aliphatic carbocycles. The SMILES string of the molecule is Cc1cc(Br)c(Cl)cc1NC(=O)[C@@H]1CC(=O)N(c2ccc(F)cc2)C1. The molecule has 2 aromatic rings. The second-order valence-corrected chi connectivity index (χ2v) is 7.21. The molecule has 2 amide bonds. The standard InChI is InChI=1S/C18H15BrClFN2O2/c1-10-6-14(19)15(20)8-16(10)22-18(25)11-7-17(24)23(9-11)13-4-2-12(21)3-5-13/h2-6,8,11H,7,9H2,1H3,(H,22,25)/t11-/m1/s1. The van der Waals surface area contributed by atoms with E-state index in [0.717, 1.165) is 10.0 Å². The first-order valence-corrected chi connectivity index (χ1v) is 8.84. The molecule has 1 N–H and O–H groups in total. The van der Waals surface area contributed by atoms with E-state index < -0.39 is 5.92 Å². The quantitative estimate of drug-likeness (QED) is 0.785. The van der Waals surface area contributed by atoms with Crippen LogP contribution in [0.4, 0.5) is 15.8 Å². The van der Waals surface area contributed by atoms with E-state index >= 15 is 0 Å². The van der Waals surface area contributed by atoms with Crippen LogP contribution in [-0.2, 0) is 9.59 Å². The maximum Gasteiger partial charge on any atom is 0.229 e. The summed E-state index contributed by atoms with van der Waals surface area (Å²) in [6.45, 7) is 2.13. The van der Waals surface area contributed by atoms with Crippen molar-refractivity contribution >= 4 is 50.7 Å². The Balaban J connectivity index is 1.73. The van der Waals surface area contributed by atoms with Crippen LogP contribution in [0.2, 0.25) is 5.02 Å². The first-order valence-electron chi connectivity index (χ1n) is 7.67. The van der Waals surface area contributed by atoms with Crippen LogP contribution in [0.3, 0.4) is 0 Å². The van der Waals surface area contributed by atoms with Crippen molar-refractivity contribution in [2.75, 3.05) is 16.8 Å². The molecular weight excluding hydrogens is 411 g/mol. The molecule has 0 aromatic heterocycles. The van der Waals surface area contributed by atoms with Crippen LogP contribution in [0.5, 0.6) is 0 Å². The Kier molecular flexibility index (Phi) is 5.11. The molecule has 3 rings (SSSR count). The third kappa shape index (κ3) is 3.85. The summed E-state index contributed by atoms with van der Waals surface area (Å²) < 4.78 is 13.8. The van der Waals surface area contributed by atoms with Gasteiger partial charge in [0.05, 0.1) is 10.9 Å². The summed E-state index contributed by atoms with van der Waals surface area (Å²) in [5, 5.41) is 3.34. The normalized spacial score (nSPS) is 17.0. The van der Waals surface area contributed by atoms with Gasteiger partial charge in [-0.3, -0.25) is 9.59 Å². The minimum Gasteiger partial charge on any atom is -0.325 e. The lowest BCUT2D eigenvalue weighted by Crippen LogP contribution is -2.28. The first-order chi connectivity index (χ1) is 11.8. The summed E-state index contributed by atoms with van der Waals surface area (Å²) >= 11 is 9.41. The van der Waals surface area contributed by atoms with Gasteiger partial charge < -0.3 is 10.2 Å². The molecule has 130 valence electrons. The van der Waals surface area contributed by atoms with E-state index in [2.05, 4.69) is 21.2 Å². The zero-order chi connectivity index (χ0) is 18.1. The van der Waals surface area contributed by atoms with E-state index in [-0.39, 0.29) is 30.6 Å². The summed E-state index contributed by atoms with van der Waals surface area (Å²) in [4.78, 5) is 26.3. The highest BCUT2D eigenvalue weighted by molar-refractivity contribution is 9.10. The van der Waals surface area contributed by atoms with Gasteiger partial charge in [-0.15, -0.1) is 0 Å². The van der Waals surface area contributed by atoms with Gasteiger partial charge in [0.25, 0.3) is 0 Å². The number of rotatable bonds is 3. The predicted molar refractivity (Wildman–Crippen MR) is 99.4 cm³/mol. The predicted octanol–water partition coefficient (Wildman–Crippen LogP) is 4.54.